The molecule has 1 aliphatic carbocycles. The normalized spacial score (nSPS) is 20.5. The van der Waals surface area contributed by atoms with Crippen LogP contribution in [0, 0.1) is 11.8 Å². The average molecular weight is 856 g/mol. The summed E-state index contributed by atoms with van der Waals surface area (Å²) < 4.78 is 32.6. The Hall–Kier alpha value is -2.48. The third kappa shape index (κ3) is 29.4. The van der Waals surface area contributed by atoms with E-state index in [9.17, 15) is 39.2 Å². The molecule has 1 rings (SSSR count). The molecule has 6 N–H and O–H groups in total. The lowest BCUT2D eigenvalue weighted by atomic mass is 9.87. The molecule has 1 fully saturated rings. The Morgan fingerprint density at radius 2 is 1.34 bits per heavy atom. The number of aliphatic hydroxyl groups excluding tert-OH is 3. The van der Waals surface area contributed by atoms with Gasteiger partial charge in [-0.05, 0) is 64.2 Å². The second kappa shape index (κ2) is 35.2. The number of hydrogen-bond acceptors (Lipinski definition) is 12. The number of carbonyl (C=O) groups excluding carboxylic acids is 3. The van der Waals surface area contributed by atoms with Gasteiger partial charge in [0.1, 0.15) is 12.4 Å². The van der Waals surface area contributed by atoms with Crippen molar-refractivity contribution in [3.63, 3.8) is 0 Å². The number of rotatable bonds is 37. The number of aliphatic hydroxyl groups is 3. The summed E-state index contributed by atoms with van der Waals surface area (Å²) in [7, 11) is -4.48. The Balaban J connectivity index is 2.43. The molecule has 1 saturated carbocycles. The molecular formula is C45H78NO12P. The van der Waals surface area contributed by atoms with Gasteiger partial charge in [-0.15, -0.1) is 0 Å². The first-order valence-electron chi connectivity index (χ1n) is 22.3. The predicted octanol–water partition coefficient (Wildman–Crippen LogP) is 8.28. The fourth-order valence-corrected chi connectivity index (χ4v) is 7.52. The highest BCUT2D eigenvalue weighted by molar-refractivity contribution is 7.47. The van der Waals surface area contributed by atoms with Gasteiger partial charge in [-0.3, -0.25) is 23.4 Å². The molecule has 1 unspecified atom stereocenters. The van der Waals surface area contributed by atoms with E-state index < -0.39 is 69.2 Å². The van der Waals surface area contributed by atoms with Gasteiger partial charge in [-0.1, -0.05) is 107 Å². The van der Waals surface area contributed by atoms with Gasteiger partial charge in [0.15, 0.2) is 6.10 Å². The molecule has 0 bridgehead atoms. The summed E-state index contributed by atoms with van der Waals surface area (Å²) in [6.07, 6.45) is 29.1. The quantitative estimate of drug-likeness (QED) is 0.0173. The molecule has 14 heteroatoms. The summed E-state index contributed by atoms with van der Waals surface area (Å²) in [5.41, 5.74) is 5.33. The van der Waals surface area contributed by atoms with Gasteiger partial charge < -0.3 is 35.4 Å². The maximum absolute atomic E-state index is 12.8. The zero-order valence-corrected chi connectivity index (χ0v) is 36.9. The second-order valence-corrected chi connectivity index (χ2v) is 17.0. The number of carbonyl (C=O) groups is 3. The predicted molar refractivity (Wildman–Crippen MR) is 231 cm³/mol. The van der Waals surface area contributed by atoms with E-state index in [4.69, 9.17) is 24.3 Å². The lowest BCUT2D eigenvalue weighted by Crippen LogP contribution is -2.29. The van der Waals surface area contributed by atoms with E-state index in [-0.39, 0.29) is 51.0 Å². The molecule has 59 heavy (non-hydrogen) atoms. The minimum absolute atomic E-state index is 0.00564. The highest BCUT2D eigenvalue weighted by Gasteiger charge is 2.41. The van der Waals surface area contributed by atoms with E-state index in [0.717, 1.165) is 64.2 Å². The first-order chi connectivity index (χ1) is 28.4. The van der Waals surface area contributed by atoms with E-state index >= 15 is 0 Å². The van der Waals surface area contributed by atoms with Crippen molar-refractivity contribution < 1.29 is 57.7 Å². The van der Waals surface area contributed by atoms with Crippen molar-refractivity contribution >= 4 is 25.5 Å². The lowest BCUT2D eigenvalue weighted by molar-refractivity contribution is -0.161. The molecule has 0 amide bonds. The van der Waals surface area contributed by atoms with Crippen LogP contribution in [-0.2, 0) is 37.5 Å². The van der Waals surface area contributed by atoms with Crippen LogP contribution < -0.4 is 5.73 Å². The number of nitrogens with two attached hydrogens (primary N) is 1. The Bertz CT molecular complexity index is 1290. The Kier molecular flexibility index (Phi) is 32.5. The van der Waals surface area contributed by atoms with Crippen LogP contribution in [0.25, 0.3) is 0 Å². The van der Waals surface area contributed by atoms with Crippen molar-refractivity contribution in [2.75, 3.05) is 26.4 Å². The van der Waals surface area contributed by atoms with Crippen molar-refractivity contribution in [1.82, 2.24) is 0 Å². The zero-order chi connectivity index (χ0) is 43.6. The third-order valence-corrected chi connectivity index (χ3v) is 11.2. The number of ketones is 1. The molecule has 0 aliphatic heterocycles. The molecule has 340 valence electrons. The average Bonchev–Trinajstić information content (AvgIpc) is 3.47. The van der Waals surface area contributed by atoms with Crippen LogP contribution in [0.1, 0.15) is 155 Å². The number of phosphoric acid groups is 1. The highest BCUT2D eigenvalue weighted by Crippen LogP contribution is 2.43. The van der Waals surface area contributed by atoms with Gasteiger partial charge in [-0.25, -0.2) is 4.57 Å². The van der Waals surface area contributed by atoms with Crippen molar-refractivity contribution in [2.45, 2.75) is 180 Å². The Morgan fingerprint density at radius 3 is 2.02 bits per heavy atom. The van der Waals surface area contributed by atoms with Crippen molar-refractivity contribution in [3.8, 4) is 0 Å². The Labute approximate surface area is 354 Å². The van der Waals surface area contributed by atoms with Crippen molar-refractivity contribution in [1.29, 1.82) is 0 Å². The minimum Gasteiger partial charge on any atom is -0.462 e. The van der Waals surface area contributed by atoms with Crippen LogP contribution in [-0.4, -0.2) is 88.7 Å². The number of unbranched alkanes of at least 4 members (excludes halogenated alkanes) is 10. The largest absolute Gasteiger partial charge is 0.472 e. The summed E-state index contributed by atoms with van der Waals surface area (Å²) in [4.78, 5) is 47.9. The van der Waals surface area contributed by atoms with Gasteiger partial charge >= 0.3 is 19.8 Å². The van der Waals surface area contributed by atoms with Gasteiger partial charge in [0.25, 0.3) is 0 Å². The number of esters is 2. The molecule has 0 aromatic carbocycles. The third-order valence-electron chi connectivity index (χ3n) is 10.2. The van der Waals surface area contributed by atoms with Crippen molar-refractivity contribution in [3.05, 3.63) is 48.6 Å². The number of allylic oxidation sites excluding steroid dienone is 6. The van der Waals surface area contributed by atoms with Crippen LogP contribution >= 0.6 is 7.82 Å². The molecule has 0 aromatic heterocycles. The number of ether oxygens (including phenoxy) is 2. The van der Waals surface area contributed by atoms with E-state index in [1.807, 2.05) is 0 Å². The van der Waals surface area contributed by atoms with Gasteiger partial charge in [0, 0.05) is 50.5 Å². The summed E-state index contributed by atoms with van der Waals surface area (Å²) in [5, 5.41) is 31.3. The molecule has 0 radical (unpaired) electrons. The van der Waals surface area contributed by atoms with Crippen LogP contribution in [0.2, 0.25) is 0 Å². The molecule has 13 nitrogen and oxygen atoms in total. The standard InChI is InChI=1S/C45H78NO12P/c1-3-5-7-8-9-10-11-12-13-14-15-16-17-18-19-20-22-28-45(52)58-39(36-57-59(53,54)56-32-31-46)35-55-44(51)27-24-23-26-38(48)33-41-40(42(49)34-43(41)50)30-29-37(47)25-21-6-4-2/h9-10,12-13,15-16,29-30,37,39-43,47,49-50H,3-8,11,14,17-28,31-36,46H2,1-2H3,(H,53,54)/b10-9-,13-12-,16-15-,30-29+/t37-,39+,40+,41+,42+,43-/m0/s1. The fourth-order valence-electron chi connectivity index (χ4n) is 6.75. The summed E-state index contributed by atoms with van der Waals surface area (Å²) in [5.74, 6) is -2.14. The van der Waals surface area contributed by atoms with E-state index in [1.54, 1.807) is 12.2 Å². The maximum atomic E-state index is 12.8. The fraction of sp³-hybridized carbons (Fsp3) is 0.756. The molecule has 1 aliphatic rings. The lowest BCUT2D eigenvalue weighted by Gasteiger charge is -2.20. The van der Waals surface area contributed by atoms with Crippen molar-refractivity contribution in [2.24, 2.45) is 17.6 Å². The molecule has 7 atom stereocenters. The van der Waals surface area contributed by atoms with Crippen LogP contribution in [0.3, 0.4) is 0 Å². The molecule has 0 heterocycles. The van der Waals surface area contributed by atoms with E-state index in [1.165, 1.54) is 19.3 Å². The first-order valence-corrected chi connectivity index (χ1v) is 23.8. The Morgan fingerprint density at radius 1 is 0.746 bits per heavy atom. The van der Waals surface area contributed by atoms with Gasteiger partial charge in [0.05, 0.1) is 31.5 Å². The topological polar surface area (TPSA) is 212 Å². The van der Waals surface area contributed by atoms with Crippen LogP contribution in [0.4, 0.5) is 0 Å². The molecule has 0 saturated heterocycles. The number of Topliss-reactive ketones (excluding diaryl/α,β-unsaturated/α-hetero) is 1. The smallest absolute Gasteiger partial charge is 0.462 e. The van der Waals surface area contributed by atoms with E-state index in [0.29, 0.717) is 25.7 Å². The maximum Gasteiger partial charge on any atom is 0.472 e. The molecular weight excluding hydrogens is 777 g/mol. The van der Waals surface area contributed by atoms with E-state index in [2.05, 4.69) is 50.3 Å². The van der Waals surface area contributed by atoms with Crippen LogP contribution in [0.15, 0.2) is 48.6 Å². The highest BCUT2D eigenvalue weighted by atomic mass is 31.2. The summed E-state index contributed by atoms with van der Waals surface area (Å²) >= 11 is 0. The SMILES string of the molecule is CCCCC/C=C\C/C=C\C/C=C\CCCCCCC(=O)O[C@H](COC(=O)CCCCC(=O)C[C@@H]1[C@@H](/C=C/[C@@H](O)CCCCC)[C@H](O)C[C@@H]1O)COP(=O)(O)OCCN. The van der Waals surface area contributed by atoms with Crippen LogP contribution in [0.5, 0.6) is 0 Å². The second-order valence-electron chi connectivity index (χ2n) is 15.5. The summed E-state index contributed by atoms with van der Waals surface area (Å²) in [6.45, 7) is 3.13. The van der Waals surface area contributed by atoms with Gasteiger partial charge in [-0.2, -0.15) is 0 Å². The number of hydrogen-bond donors (Lipinski definition) is 5. The number of phosphoric ester groups is 1. The molecule has 0 spiro atoms. The first kappa shape index (κ1) is 54.5. The zero-order valence-electron chi connectivity index (χ0n) is 36.0. The minimum atomic E-state index is -4.48. The van der Waals surface area contributed by atoms with Gasteiger partial charge in [0.2, 0.25) is 0 Å². The monoisotopic (exact) mass is 856 g/mol. The molecule has 0 aromatic rings. The summed E-state index contributed by atoms with van der Waals surface area (Å²) in [6, 6.07) is 0.